The van der Waals surface area contributed by atoms with E-state index < -0.39 is 11.4 Å². The molecule has 0 amide bonds. The Morgan fingerprint density at radius 3 is 2.57 bits per heavy atom. The number of alkyl halides is 1. The van der Waals surface area contributed by atoms with Gasteiger partial charge in [-0.05, 0) is 24.1 Å². The predicted molar refractivity (Wildman–Crippen MR) is 87.4 cm³/mol. The molecule has 2 rings (SSSR count). The van der Waals surface area contributed by atoms with Crippen molar-refractivity contribution in [2.75, 3.05) is 14.2 Å². The number of ether oxygens (including phenoxy) is 2. The van der Waals surface area contributed by atoms with E-state index in [0.717, 1.165) is 11.3 Å². The zero-order valence-electron chi connectivity index (χ0n) is 11.9. The van der Waals surface area contributed by atoms with Crippen LogP contribution >= 0.6 is 22.6 Å². The molecule has 0 aliphatic heterocycles. The van der Waals surface area contributed by atoms with Gasteiger partial charge >= 0.3 is 5.97 Å². The lowest BCUT2D eigenvalue weighted by Crippen LogP contribution is -2.45. The van der Waals surface area contributed by atoms with Gasteiger partial charge in [-0.2, -0.15) is 5.26 Å². The van der Waals surface area contributed by atoms with Gasteiger partial charge in [0.2, 0.25) is 0 Å². The fourth-order valence-corrected chi connectivity index (χ4v) is 3.74. The fourth-order valence-electron chi connectivity index (χ4n) is 2.66. The van der Waals surface area contributed by atoms with E-state index >= 15 is 0 Å². The maximum absolute atomic E-state index is 12.3. The molecule has 0 radical (unpaired) electrons. The average Bonchev–Trinajstić information content (AvgIpc) is 2.54. The van der Waals surface area contributed by atoms with E-state index in [4.69, 9.17) is 9.47 Å². The summed E-state index contributed by atoms with van der Waals surface area (Å²) in [6, 6.07) is 9.67. The maximum Gasteiger partial charge on any atom is 0.328 e. The highest BCUT2D eigenvalue weighted by Crippen LogP contribution is 2.48. The van der Waals surface area contributed by atoms with Crippen molar-refractivity contribution < 1.29 is 14.3 Å². The van der Waals surface area contributed by atoms with Crippen LogP contribution in [0.25, 0.3) is 0 Å². The van der Waals surface area contributed by atoms with Crippen molar-refractivity contribution >= 4 is 28.6 Å². The van der Waals surface area contributed by atoms with Gasteiger partial charge in [0.15, 0.2) is 5.41 Å². The summed E-state index contributed by atoms with van der Waals surface area (Å²) in [6.45, 7) is 0. The van der Waals surface area contributed by atoms with Crippen molar-refractivity contribution in [3.63, 3.8) is 0 Å². The summed E-state index contributed by atoms with van der Waals surface area (Å²) in [6.07, 6.45) is 4.62. The number of hydrogen-bond donors (Lipinski definition) is 0. The second kappa shape index (κ2) is 6.48. The molecule has 5 heteroatoms. The highest BCUT2D eigenvalue weighted by Gasteiger charge is 2.53. The molecule has 0 fully saturated rings. The van der Waals surface area contributed by atoms with Crippen molar-refractivity contribution in [2.45, 2.75) is 16.3 Å². The summed E-state index contributed by atoms with van der Waals surface area (Å²) >= 11 is 2.17. The first-order valence-electron chi connectivity index (χ1n) is 6.54. The van der Waals surface area contributed by atoms with Crippen molar-refractivity contribution in [1.82, 2.24) is 0 Å². The first-order chi connectivity index (χ1) is 10.1. The van der Waals surface area contributed by atoms with Crippen LogP contribution in [0.5, 0.6) is 5.75 Å². The lowest BCUT2D eigenvalue weighted by atomic mass is 9.67. The minimum absolute atomic E-state index is 0.135. The van der Waals surface area contributed by atoms with Gasteiger partial charge in [-0.1, -0.05) is 46.9 Å². The SMILES string of the molecule is COC(=O)C1(C#N)[C@H](I)CC=C[C@H]1c1ccc(OC)cc1. The average molecular weight is 397 g/mol. The number of methoxy groups -OCH3 is 2. The third-order valence-electron chi connectivity index (χ3n) is 3.84. The van der Waals surface area contributed by atoms with Gasteiger partial charge in [-0.3, -0.25) is 4.79 Å². The molecule has 0 spiro atoms. The largest absolute Gasteiger partial charge is 0.497 e. The number of esters is 1. The molecule has 3 atom stereocenters. The highest BCUT2D eigenvalue weighted by atomic mass is 127. The molecule has 0 N–H and O–H groups in total. The molecule has 0 heterocycles. The van der Waals surface area contributed by atoms with Gasteiger partial charge < -0.3 is 9.47 Å². The number of benzene rings is 1. The number of hydrogen-bond acceptors (Lipinski definition) is 4. The molecule has 1 aliphatic rings. The number of carbonyl (C=O) groups excluding carboxylic acids is 1. The van der Waals surface area contributed by atoms with E-state index in [1.54, 1.807) is 7.11 Å². The number of halogens is 1. The Morgan fingerprint density at radius 1 is 1.38 bits per heavy atom. The van der Waals surface area contributed by atoms with Crippen molar-refractivity contribution in [1.29, 1.82) is 5.26 Å². The van der Waals surface area contributed by atoms with E-state index in [1.807, 2.05) is 36.4 Å². The standard InChI is InChI=1S/C16H16INO3/c1-20-12-8-6-11(7-9-12)13-4-3-5-14(17)16(13,10-18)15(19)21-2/h3-4,6-9,13-14H,5H2,1-2H3/t13-,14+,16?/m0/s1. The minimum Gasteiger partial charge on any atom is -0.497 e. The molecule has 0 aromatic heterocycles. The van der Waals surface area contributed by atoms with E-state index in [0.29, 0.717) is 6.42 Å². The fraction of sp³-hybridized carbons (Fsp3) is 0.375. The van der Waals surface area contributed by atoms with Gasteiger partial charge in [0.05, 0.1) is 20.3 Å². The summed E-state index contributed by atoms with van der Waals surface area (Å²) < 4.78 is 9.94. The molecule has 4 nitrogen and oxygen atoms in total. The second-order valence-electron chi connectivity index (χ2n) is 4.85. The minimum atomic E-state index is -1.20. The molecule has 0 saturated carbocycles. The van der Waals surface area contributed by atoms with Crippen LogP contribution in [0, 0.1) is 16.7 Å². The number of rotatable bonds is 3. The van der Waals surface area contributed by atoms with E-state index in [-0.39, 0.29) is 9.84 Å². The van der Waals surface area contributed by atoms with Gasteiger partial charge in [-0.15, -0.1) is 0 Å². The van der Waals surface area contributed by atoms with Crippen LogP contribution in [0.2, 0.25) is 0 Å². The Bertz CT molecular complexity index is 591. The van der Waals surface area contributed by atoms with Gasteiger partial charge in [-0.25, -0.2) is 0 Å². The van der Waals surface area contributed by atoms with Crippen LogP contribution in [0.15, 0.2) is 36.4 Å². The van der Waals surface area contributed by atoms with Gasteiger partial charge in [0, 0.05) is 9.84 Å². The Balaban J connectivity index is 2.51. The van der Waals surface area contributed by atoms with Crippen LogP contribution in [-0.4, -0.2) is 24.1 Å². The molecule has 1 aliphatic carbocycles. The number of carbonyl (C=O) groups is 1. The van der Waals surface area contributed by atoms with Crippen molar-refractivity contribution in [2.24, 2.45) is 5.41 Å². The molecule has 0 saturated heterocycles. The van der Waals surface area contributed by atoms with Crippen molar-refractivity contribution in [3.05, 3.63) is 42.0 Å². The highest BCUT2D eigenvalue weighted by molar-refractivity contribution is 14.1. The van der Waals surface area contributed by atoms with Gasteiger partial charge in [0.25, 0.3) is 0 Å². The molecule has 21 heavy (non-hydrogen) atoms. The third kappa shape index (κ3) is 2.64. The molecule has 1 unspecified atom stereocenters. The Morgan fingerprint density at radius 2 is 2.05 bits per heavy atom. The smallest absolute Gasteiger partial charge is 0.328 e. The third-order valence-corrected chi connectivity index (χ3v) is 5.33. The number of nitrogens with zero attached hydrogens (tertiary/aromatic N) is 1. The van der Waals surface area contributed by atoms with E-state index in [2.05, 4.69) is 28.7 Å². The number of allylic oxidation sites excluding steroid dienone is 2. The quantitative estimate of drug-likeness (QED) is 0.340. The van der Waals surface area contributed by atoms with E-state index in [1.165, 1.54) is 7.11 Å². The zero-order chi connectivity index (χ0) is 15.5. The Kier molecular flexibility index (Phi) is 4.88. The van der Waals surface area contributed by atoms with Crippen LogP contribution < -0.4 is 4.74 Å². The lowest BCUT2D eigenvalue weighted by Gasteiger charge is -2.37. The summed E-state index contributed by atoms with van der Waals surface area (Å²) in [5, 5.41) is 9.73. The monoisotopic (exact) mass is 397 g/mol. The van der Waals surface area contributed by atoms with Crippen LogP contribution in [0.4, 0.5) is 0 Å². The molecule has 0 bridgehead atoms. The normalized spacial score (nSPS) is 27.7. The zero-order valence-corrected chi connectivity index (χ0v) is 14.0. The summed E-state index contributed by atoms with van der Waals surface area (Å²) in [5.74, 6) is -0.0590. The predicted octanol–water partition coefficient (Wildman–Crippen LogP) is 3.23. The molecule has 110 valence electrons. The summed E-state index contributed by atoms with van der Waals surface area (Å²) in [4.78, 5) is 12.3. The second-order valence-corrected chi connectivity index (χ2v) is 6.36. The Labute approximate surface area is 137 Å². The van der Waals surface area contributed by atoms with Gasteiger partial charge in [0.1, 0.15) is 5.75 Å². The first-order valence-corrected chi connectivity index (χ1v) is 7.79. The van der Waals surface area contributed by atoms with E-state index in [9.17, 15) is 10.1 Å². The Hall–Kier alpha value is -1.55. The molecular formula is C16H16INO3. The summed E-state index contributed by atoms with van der Waals surface area (Å²) in [7, 11) is 2.93. The lowest BCUT2D eigenvalue weighted by molar-refractivity contribution is -0.150. The van der Waals surface area contributed by atoms with Crippen LogP contribution in [-0.2, 0) is 9.53 Å². The molecule has 1 aromatic rings. The first kappa shape index (κ1) is 15.8. The van der Waals surface area contributed by atoms with Crippen molar-refractivity contribution in [3.8, 4) is 11.8 Å². The van der Waals surface area contributed by atoms with Crippen LogP contribution in [0.3, 0.4) is 0 Å². The summed E-state index contributed by atoms with van der Waals surface area (Å²) in [5.41, 5.74) is -0.293. The molecule has 1 aromatic carbocycles. The van der Waals surface area contributed by atoms with Crippen LogP contribution in [0.1, 0.15) is 17.9 Å². The maximum atomic E-state index is 12.3. The molecular weight excluding hydrogens is 381 g/mol. The number of nitriles is 1. The topological polar surface area (TPSA) is 59.3 Å².